The molecule has 0 bridgehead atoms. The molecule has 1 aromatic rings. The lowest BCUT2D eigenvalue weighted by molar-refractivity contribution is 0.280. The summed E-state index contributed by atoms with van der Waals surface area (Å²) in [7, 11) is 0. The van der Waals surface area contributed by atoms with Gasteiger partial charge in [0, 0.05) is 8.04 Å². The van der Waals surface area contributed by atoms with Crippen LogP contribution in [0.3, 0.4) is 0 Å². The van der Waals surface area contributed by atoms with Gasteiger partial charge in [0.1, 0.15) is 0 Å². The molecule has 60 valence electrons. The van der Waals surface area contributed by atoms with Crippen molar-refractivity contribution in [2.75, 3.05) is 0 Å². The van der Waals surface area contributed by atoms with E-state index in [2.05, 4.69) is 38.5 Å². The van der Waals surface area contributed by atoms with Gasteiger partial charge in [0.05, 0.1) is 6.61 Å². The van der Waals surface area contributed by atoms with Crippen molar-refractivity contribution in [2.45, 2.75) is 13.5 Å². The van der Waals surface area contributed by atoms with Crippen LogP contribution in [0.15, 0.2) is 16.6 Å². The molecule has 0 unspecified atom stereocenters. The highest BCUT2D eigenvalue weighted by atomic mass is 127. The third-order valence-electron chi connectivity index (χ3n) is 1.54. The molecule has 0 atom stereocenters. The Morgan fingerprint density at radius 2 is 2.18 bits per heavy atom. The van der Waals surface area contributed by atoms with Crippen molar-refractivity contribution in [3.05, 3.63) is 31.3 Å². The van der Waals surface area contributed by atoms with E-state index in [9.17, 15) is 0 Å². The molecule has 0 aliphatic carbocycles. The summed E-state index contributed by atoms with van der Waals surface area (Å²) < 4.78 is 2.17. The topological polar surface area (TPSA) is 20.2 Å². The van der Waals surface area contributed by atoms with Gasteiger partial charge in [0.2, 0.25) is 0 Å². The van der Waals surface area contributed by atoms with Crippen LogP contribution in [0.2, 0.25) is 0 Å². The molecular formula is C8H8BrIO. The Morgan fingerprint density at radius 1 is 1.55 bits per heavy atom. The van der Waals surface area contributed by atoms with E-state index in [1.54, 1.807) is 0 Å². The van der Waals surface area contributed by atoms with E-state index >= 15 is 0 Å². The van der Waals surface area contributed by atoms with Crippen molar-refractivity contribution >= 4 is 38.5 Å². The summed E-state index contributed by atoms with van der Waals surface area (Å²) in [5.74, 6) is 0. The first-order valence-electron chi connectivity index (χ1n) is 3.20. The minimum atomic E-state index is 0.122. The van der Waals surface area contributed by atoms with E-state index in [1.807, 2.05) is 19.1 Å². The lowest BCUT2D eigenvalue weighted by Crippen LogP contribution is -1.92. The van der Waals surface area contributed by atoms with Crippen LogP contribution < -0.4 is 0 Å². The third-order valence-corrected chi connectivity index (χ3v) is 2.96. The van der Waals surface area contributed by atoms with E-state index in [4.69, 9.17) is 5.11 Å². The molecule has 1 rings (SSSR count). The van der Waals surface area contributed by atoms with Crippen molar-refractivity contribution in [1.29, 1.82) is 0 Å². The Bertz CT molecular complexity index is 250. The minimum Gasteiger partial charge on any atom is -0.392 e. The predicted octanol–water partition coefficient (Wildman–Crippen LogP) is 2.85. The van der Waals surface area contributed by atoms with Gasteiger partial charge < -0.3 is 5.11 Å². The molecule has 0 aliphatic heterocycles. The molecule has 1 aromatic carbocycles. The molecule has 1 nitrogen and oxygen atoms in total. The van der Waals surface area contributed by atoms with Crippen LogP contribution in [0.25, 0.3) is 0 Å². The van der Waals surface area contributed by atoms with Crippen LogP contribution in [0, 0.1) is 10.5 Å². The summed E-state index contributed by atoms with van der Waals surface area (Å²) >= 11 is 5.61. The van der Waals surface area contributed by atoms with Gasteiger partial charge in [-0.15, -0.1) is 0 Å². The van der Waals surface area contributed by atoms with Crippen molar-refractivity contribution in [3.63, 3.8) is 0 Å². The first kappa shape index (κ1) is 9.48. The maximum absolute atomic E-state index is 8.97. The summed E-state index contributed by atoms with van der Waals surface area (Å²) in [6, 6.07) is 4.01. The number of hydrogen-bond donors (Lipinski definition) is 1. The normalized spacial score (nSPS) is 10.2. The Morgan fingerprint density at radius 3 is 2.64 bits per heavy atom. The smallest absolute Gasteiger partial charge is 0.0694 e. The fourth-order valence-corrected chi connectivity index (χ4v) is 2.86. The number of rotatable bonds is 1. The molecule has 0 aromatic heterocycles. The Balaban J connectivity index is 3.25. The van der Waals surface area contributed by atoms with Crippen molar-refractivity contribution < 1.29 is 5.11 Å². The van der Waals surface area contributed by atoms with Crippen LogP contribution in [-0.4, -0.2) is 5.11 Å². The fraction of sp³-hybridized carbons (Fsp3) is 0.250. The maximum Gasteiger partial charge on any atom is 0.0694 e. The first-order valence-corrected chi connectivity index (χ1v) is 5.07. The molecule has 0 saturated carbocycles. The zero-order valence-corrected chi connectivity index (χ0v) is 9.81. The average molecular weight is 327 g/mol. The zero-order valence-electron chi connectivity index (χ0n) is 6.06. The standard InChI is InChI=1S/C8H8BrIO/c1-5-2-6(9)3-8(10)7(5)4-11/h2-3,11H,4H2,1H3. The number of benzene rings is 1. The predicted molar refractivity (Wildman–Crippen MR) is 57.5 cm³/mol. The lowest BCUT2D eigenvalue weighted by atomic mass is 10.1. The summed E-state index contributed by atoms with van der Waals surface area (Å²) in [5, 5.41) is 8.97. The molecule has 0 radical (unpaired) electrons. The fourth-order valence-electron chi connectivity index (χ4n) is 0.932. The second-order valence-electron chi connectivity index (χ2n) is 2.34. The molecule has 0 saturated heterocycles. The number of aliphatic hydroxyl groups excluding tert-OH is 1. The molecule has 0 fully saturated rings. The van der Waals surface area contributed by atoms with E-state index < -0.39 is 0 Å². The van der Waals surface area contributed by atoms with Gasteiger partial charge in [0.25, 0.3) is 0 Å². The largest absolute Gasteiger partial charge is 0.392 e. The average Bonchev–Trinajstić information content (AvgIpc) is 1.85. The Hall–Kier alpha value is 0.390. The molecule has 0 aliphatic rings. The van der Waals surface area contributed by atoms with Crippen LogP contribution in [-0.2, 0) is 6.61 Å². The molecule has 0 spiro atoms. The van der Waals surface area contributed by atoms with Crippen LogP contribution in [0.1, 0.15) is 11.1 Å². The number of halogens is 2. The quantitative estimate of drug-likeness (QED) is 0.787. The highest BCUT2D eigenvalue weighted by Gasteiger charge is 2.02. The highest BCUT2D eigenvalue weighted by molar-refractivity contribution is 14.1. The van der Waals surface area contributed by atoms with E-state index in [0.717, 1.165) is 19.2 Å². The molecular weight excluding hydrogens is 319 g/mol. The molecule has 1 N–H and O–H groups in total. The Kier molecular flexibility index (Phi) is 3.33. The second-order valence-corrected chi connectivity index (χ2v) is 4.42. The summed E-state index contributed by atoms with van der Waals surface area (Å²) in [6.07, 6.45) is 0. The van der Waals surface area contributed by atoms with Gasteiger partial charge in [-0.1, -0.05) is 15.9 Å². The summed E-state index contributed by atoms with van der Waals surface area (Å²) in [4.78, 5) is 0. The van der Waals surface area contributed by atoms with Gasteiger partial charge in [-0.3, -0.25) is 0 Å². The van der Waals surface area contributed by atoms with Gasteiger partial charge in [-0.05, 0) is 52.8 Å². The summed E-state index contributed by atoms with van der Waals surface area (Å²) in [6.45, 7) is 2.12. The van der Waals surface area contributed by atoms with Gasteiger partial charge in [-0.2, -0.15) is 0 Å². The number of aliphatic hydroxyl groups is 1. The van der Waals surface area contributed by atoms with E-state index in [0.29, 0.717) is 0 Å². The molecule has 0 amide bonds. The van der Waals surface area contributed by atoms with Crippen LogP contribution in [0.4, 0.5) is 0 Å². The van der Waals surface area contributed by atoms with Crippen molar-refractivity contribution in [2.24, 2.45) is 0 Å². The van der Waals surface area contributed by atoms with Crippen LogP contribution >= 0.6 is 38.5 Å². The van der Waals surface area contributed by atoms with Gasteiger partial charge in [0.15, 0.2) is 0 Å². The van der Waals surface area contributed by atoms with Gasteiger partial charge >= 0.3 is 0 Å². The van der Waals surface area contributed by atoms with E-state index in [1.165, 1.54) is 0 Å². The van der Waals surface area contributed by atoms with Crippen molar-refractivity contribution in [1.82, 2.24) is 0 Å². The molecule has 0 heterocycles. The van der Waals surface area contributed by atoms with Crippen LogP contribution in [0.5, 0.6) is 0 Å². The monoisotopic (exact) mass is 326 g/mol. The zero-order chi connectivity index (χ0) is 8.43. The number of hydrogen-bond acceptors (Lipinski definition) is 1. The molecule has 11 heavy (non-hydrogen) atoms. The first-order chi connectivity index (χ1) is 5.15. The third kappa shape index (κ3) is 2.16. The second kappa shape index (κ2) is 3.87. The lowest BCUT2D eigenvalue weighted by Gasteiger charge is -2.05. The van der Waals surface area contributed by atoms with Crippen molar-refractivity contribution in [3.8, 4) is 0 Å². The molecule has 3 heteroatoms. The number of aryl methyl sites for hydroxylation is 1. The Labute approximate surface area is 88.1 Å². The SMILES string of the molecule is Cc1cc(Br)cc(I)c1CO. The maximum atomic E-state index is 8.97. The highest BCUT2D eigenvalue weighted by Crippen LogP contribution is 2.22. The van der Waals surface area contributed by atoms with E-state index in [-0.39, 0.29) is 6.61 Å². The summed E-state index contributed by atoms with van der Waals surface area (Å²) in [5.41, 5.74) is 2.15. The van der Waals surface area contributed by atoms with Gasteiger partial charge in [-0.25, -0.2) is 0 Å². The minimum absolute atomic E-state index is 0.122.